The van der Waals surface area contributed by atoms with Gasteiger partial charge in [0.15, 0.2) is 0 Å². The molecule has 0 heterocycles. The van der Waals surface area contributed by atoms with E-state index in [1.165, 1.54) is 30.4 Å². The molecule has 17 heavy (non-hydrogen) atoms. The first-order valence-electron chi connectivity index (χ1n) is 6.91. The molecule has 0 aromatic heterocycles. The Morgan fingerprint density at radius 3 is 2.65 bits per heavy atom. The van der Waals surface area contributed by atoms with Crippen molar-refractivity contribution >= 4 is 0 Å². The van der Waals surface area contributed by atoms with Crippen LogP contribution in [0.1, 0.15) is 59.3 Å². The summed E-state index contributed by atoms with van der Waals surface area (Å²) in [6, 6.07) is 0. The summed E-state index contributed by atoms with van der Waals surface area (Å²) in [5.74, 6) is 0.352. The van der Waals surface area contributed by atoms with E-state index in [0.29, 0.717) is 11.3 Å². The van der Waals surface area contributed by atoms with E-state index in [9.17, 15) is 10.2 Å². The Hall–Kier alpha value is -0.340. The Morgan fingerprint density at radius 2 is 2.06 bits per heavy atom. The highest BCUT2D eigenvalue weighted by atomic mass is 16.3. The Balaban J connectivity index is 2.28. The molecule has 2 rings (SSSR count). The third-order valence-corrected chi connectivity index (χ3v) is 5.05. The van der Waals surface area contributed by atoms with Gasteiger partial charge in [0.05, 0.1) is 12.2 Å². The topological polar surface area (TPSA) is 40.5 Å². The normalized spacial score (nSPS) is 34.8. The van der Waals surface area contributed by atoms with Crippen molar-refractivity contribution in [1.82, 2.24) is 0 Å². The van der Waals surface area contributed by atoms with E-state index in [4.69, 9.17) is 0 Å². The summed E-state index contributed by atoms with van der Waals surface area (Å²) in [5.41, 5.74) is 2.43. The van der Waals surface area contributed by atoms with Gasteiger partial charge in [-0.25, -0.2) is 0 Å². The molecule has 0 amide bonds. The van der Waals surface area contributed by atoms with E-state index in [-0.39, 0.29) is 6.61 Å². The Morgan fingerprint density at radius 1 is 1.35 bits per heavy atom. The van der Waals surface area contributed by atoms with Gasteiger partial charge in [-0.15, -0.1) is 0 Å². The van der Waals surface area contributed by atoms with Gasteiger partial charge in [0.25, 0.3) is 0 Å². The number of aliphatic hydroxyl groups excluding tert-OH is 1. The van der Waals surface area contributed by atoms with E-state index in [1.807, 2.05) is 13.8 Å². The Labute approximate surface area is 105 Å². The molecule has 2 unspecified atom stereocenters. The second-order valence-corrected chi connectivity index (χ2v) is 6.75. The number of fused-ring (bicyclic) bond motifs is 1. The predicted octanol–water partition coefficient (Wildman–Crippen LogP) is 3.04. The van der Waals surface area contributed by atoms with E-state index >= 15 is 0 Å². The summed E-state index contributed by atoms with van der Waals surface area (Å²) in [7, 11) is 0. The monoisotopic (exact) mass is 238 g/mol. The quantitative estimate of drug-likeness (QED) is 0.726. The molecule has 0 aromatic rings. The summed E-state index contributed by atoms with van der Waals surface area (Å²) >= 11 is 0. The molecule has 2 aliphatic carbocycles. The van der Waals surface area contributed by atoms with Crippen LogP contribution in [0.4, 0.5) is 0 Å². The highest BCUT2D eigenvalue weighted by Gasteiger charge is 2.42. The van der Waals surface area contributed by atoms with Crippen molar-refractivity contribution in [3.63, 3.8) is 0 Å². The molecular formula is C15H26O2. The van der Waals surface area contributed by atoms with Gasteiger partial charge in [-0.05, 0) is 69.3 Å². The minimum absolute atomic E-state index is 0.212. The van der Waals surface area contributed by atoms with Crippen LogP contribution >= 0.6 is 0 Å². The molecule has 0 aromatic carbocycles. The first kappa shape index (κ1) is 13.1. The fourth-order valence-corrected chi connectivity index (χ4v) is 3.71. The van der Waals surface area contributed by atoms with Gasteiger partial charge in [-0.1, -0.05) is 12.5 Å². The number of allylic oxidation sites excluding steroid dienone is 1. The molecule has 2 aliphatic rings. The average Bonchev–Trinajstić information content (AvgIpc) is 2.25. The highest BCUT2D eigenvalue weighted by molar-refractivity contribution is 5.27. The minimum atomic E-state index is -0.591. The minimum Gasteiger partial charge on any atom is -0.392 e. The third kappa shape index (κ3) is 2.43. The fourth-order valence-electron chi connectivity index (χ4n) is 3.71. The Kier molecular flexibility index (Phi) is 3.39. The van der Waals surface area contributed by atoms with E-state index in [2.05, 4.69) is 6.92 Å². The fraction of sp³-hybridized carbons (Fsp3) is 0.867. The predicted molar refractivity (Wildman–Crippen MR) is 69.7 cm³/mol. The molecule has 0 spiro atoms. The van der Waals surface area contributed by atoms with Gasteiger partial charge in [-0.3, -0.25) is 0 Å². The molecule has 2 heteroatoms. The van der Waals surface area contributed by atoms with Crippen LogP contribution in [-0.4, -0.2) is 22.4 Å². The number of aliphatic hydroxyl groups is 2. The first-order chi connectivity index (χ1) is 7.87. The summed E-state index contributed by atoms with van der Waals surface area (Å²) in [5, 5.41) is 19.7. The van der Waals surface area contributed by atoms with E-state index < -0.39 is 5.60 Å². The van der Waals surface area contributed by atoms with Crippen LogP contribution in [0.3, 0.4) is 0 Å². The van der Waals surface area contributed by atoms with Crippen LogP contribution in [0.2, 0.25) is 0 Å². The summed E-state index contributed by atoms with van der Waals surface area (Å²) in [4.78, 5) is 0. The van der Waals surface area contributed by atoms with E-state index in [1.54, 1.807) is 0 Å². The standard InChI is InChI=1S/C15H26O2/c1-14(2,17)12-6-8-15(3)7-4-5-11(10-16)13(15)9-12/h12,16-17H,4-10H2,1-3H3. The highest BCUT2D eigenvalue weighted by Crippen LogP contribution is 2.52. The second kappa shape index (κ2) is 4.40. The van der Waals surface area contributed by atoms with Gasteiger partial charge in [0.2, 0.25) is 0 Å². The SMILES string of the molecule is CC12CCCC(CO)=C1CC(C(C)(C)O)CC2. The zero-order chi connectivity index (χ0) is 12.7. The maximum absolute atomic E-state index is 10.2. The van der Waals surface area contributed by atoms with Gasteiger partial charge < -0.3 is 10.2 Å². The van der Waals surface area contributed by atoms with Crippen LogP contribution in [0.5, 0.6) is 0 Å². The molecular weight excluding hydrogens is 212 g/mol. The lowest BCUT2D eigenvalue weighted by Gasteiger charge is -2.47. The molecule has 0 aliphatic heterocycles. The van der Waals surface area contributed by atoms with Crippen LogP contribution in [0.25, 0.3) is 0 Å². The summed E-state index contributed by atoms with van der Waals surface area (Å²) in [6.45, 7) is 6.39. The number of hydrogen-bond donors (Lipinski definition) is 2. The first-order valence-corrected chi connectivity index (χ1v) is 6.91. The van der Waals surface area contributed by atoms with E-state index in [0.717, 1.165) is 19.3 Å². The maximum Gasteiger partial charge on any atom is 0.0644 e. The van der Waals surface area contributed by atoms with Crippen molar-refractivity contribution in [2.75, 3.05) is 6.61 Å². The van der Waals surface area contributed by atoms with Crippen LogP contribution < -0.4 is 0 Å². The van der Waals surface area contributed by atoms with Gasteiger partial charge in [0, 0.05) is 0 Å². The molecule has 1 saturated carbocycles. The molecule has 2 N–H and O–H groups in total. The maximum atomic E-state index is 10.2. The molecule has 2 atom stereocenters. The number of hydrogen-bond acceptors (Lipinski definition) is 2. The van der Waals surface area contributed by atoms with Crippen LogP contribution in [0, 0.1) is 11.3 Å². The summed E-state index contributed by atoms with van der Waals surface area (Å²) < 4.78 is 0. The molecule has 1 fully saturated rings. The summed E-state index contributed by atoms with van der Waals surface area (Å²) in [6.07, 6.45) is 6.78. The molecule has 98 valence electrons. The van der Waals surface area contributed by atoms with Crippen molar-refractivity contribution in [3.05, 3.63) is 11.1 Å². The zero-order valence-corrected chi connectivity index (χ0v) is 11.4. The van der Waals surface area contributed by atoms with Crippen LogP contribution in [0.15, 0.2) is 11.1 Å². The van der Waals surface area contributed by atoms with Crippen molar-refractivity contribution in [1.29, 1.82) is 0 Å². The smallest absolute Gasteiger partial charge is 0.0644 e. The molecule has 0 saturated heterocycles. The van der Waals surface area contributed by atoms with Crippen molar-refractivity contribution in [3.8, 4) is 0 Å². The lowest BCUT2D eigenvalue weighted by atomic mass is 9.59. The second-order valence-electron chi connectivity index (χ2n) is 6.75. The average molecular weight is 238 g/mol. The Bertz CT molecular complexity index is 324. The lowest BCUT2D eigenvalue weighted by Crippen LogP contribution is -2.39. The van der Waals surface area contributed by atoms with Crippen molar-refractivity contribution in [2.45, 2.75) is 64.9 Å². The lowest BCUT2D eigenvalue weighted by molar-refractivity contribution is -0.00490. The van der Waals surface area contributed by atoms with Gasteiger partial charge in [-0.2, -0.15) is 0 Å². The van der Waals surface area contributed by atoms with Gasteiger partial charge >= 0.3 is 0 Å². The van der Waals surface area contributed by atoms with Crippen LogP contribution in [-0.2, 0) is 0 Å². The van der Waals surface area contributed by atoms with Crippen molar-refractivity contribution in [2.24, 2.45) is 11.3 Å². The third-order valence-electron chi connectivity index (χ3n) is 5.05. The molecule has 2 nitrogen and oxygen atoms in total. The van der Waals surface area contributed by atoms with Gasteiger partial charge in [0.1, 0.15) is 0 Å². The molecule has 0 radical (unpaired) electrons. The van der Waals surface area contributed by atoms with Crippen molar-refractivity contribution < 1.29 is 10.2 Å². The molecule has 0 bridgehead atoms. The number of rotatable bonds is 2. The largest absolute Gasteiger partial charge is 0.392 e. The zero-order valence-electron chi connectivity index (χ0n) is 11.4.